The van der Waals surface area contributed by atoms with Crippen molar-refractivity contribution in [3.05, 3.63) is 34.2 Å². The van der Waals surface area contributed by atoms with Gasteiger partial charge in [-0.3, -0.25) is 9.59 Å². The minimum Gasteiger partial charge on any atom is -0.307 e. The van der Waals surface area contributed by atoms with Crippen molar-refractivity contribution < 1.29 is 18.0 Å². The first-order valence-corrected chi connectivity index (χ1v) is 5.56. The number of Topliss-reactive ketones (excluding diaryl/α,β-unsaturated/α-hetero) is 1. The molecule has 0 aliphatic rings. The number of nitrogens with zero attached hydrogens (tertiary/aromatic N) is 1. The molecule has 0 aromatic carbocycles. The van der Waals surface area contributed by atoms with Gasteiger partial charge in [-0.25, -0.2) is 0 Å². The number of ketones is 1. The molecule has 0 fully saturated rings. The molecule has 1 atom stereocenters. The molecule has 1 aromatic rings. The number of halogens is 3. The molecule has 100 valence electrons. The maximum atomic E-state index is 12.5. The van der Waals surface area contributed by atoms with E-state index in [-0.39, 0.29) is 18.2 Å². The lowest BCUT2D eigenvalue weighted by Gasteiger charge is -2.12. The first-order valence-electron chi connectivity index (χ1n) is 5.56. The van der Waals surface area contributed by atoms with Gasteiger partial charge in [0.15, 0.2) is 5.78 Å². The maximum Gasteiger partial charge on any atom is 0.417 e. The zero-order valence-electron chi connectivity index (χ0n) is 10.1. The fourth-order valence-electron chi connectivity index (χ4n) is 1.37. The summed E-state index contributed by atoms with van der Waals surface area (Å²) in [7, 11) is 0. The molecule has 0 saturated heterocycles. The zero-order chi connectivity index (χ0) is 13.9. The van der Waals surface area contributed by atoms with Crippen LogP contribution in [0.4, 0.5) is 13.2 Å². The lowest BCUT2D eigenvalue weighted by Crippen LogP contribution is -2.27. The van der Waals surface area contributed by atoms with Crippen LogP contribution >= 0.6 is 0 Å². The van der Waals surface area contributed by atoms with Crippen molar-refractivity contribution in [1.82, 2.24) is 4.57 Å². The minimum absolute atomic E-state index is 0.251. The Morgan fingerprint density at radius 3 is 2.50 bits per heavy atom. The summed E-state index contributed by atoms with van der Waals surface area (Å²) in [5.74, 6) is -0.523. The highest BCUT2D eigenvalue weighted by atomic mass is 19.4. The Morgan fingerprint density at radius 1 is 1.39 bits per heavy atom. The lowest BCUT2D eigenvalue weighted by atomic mass is 10.0. The highest BCUT2D eigenvalue weighted by molar-refractivity contribution is 5.80. The van der Waals surface area contributed by atoms with Crippen LogP contribution in [-0.2, 0) is 17.5 Å². The summed E-state index contributed by atoms with van der Waals surface area (Å²) in [5, 5.41) is 0. The molecule has 6 heteroatoms. The van der Waals surface area contributed by atoms with E-state index in [1.807, 2.05) is 0 Å². The summed E-state index contributed by atoms with van der Waals surface area (Å²) in [5.41, 5.74) is -1.54. The molecular weight excluding hydrogens is 247 g/mol. The zero-order valence-corrected chi connectivity index (χ0v) is 10.1. The molecule has 0 spiro atoms. The number of hydrogen-bond donors (Lipinski definition) is 0. The molecule has 0 radical (unpaired) electrons. The number of rotatable bonds is 4. The fourth-order valence-corrected chi connectivity index (χ4v) is 1.37. The van der Waals surface area contributed by atoms with Gasteiger partial charge < -0.3 is 4.57 Å². The van der Waals surface area contributed by atoms with Crippen molar-refractivity contribution in [2.45, 2.75) is 33.0 Å². The summed E-state index contributed by atoms with van der Waals surface area (Å²) in [6.07, 6.45) is -3.25. The van der Waals surface area contributed by atoms with Gasteiger partial charge in [0.1, 0.15) is 0 Å². The molecule has 0 saturated carbocycles. The summed E-state index contributed by atoms with van der Waals surface area (Å²) in [6.45, 7) is 3.16. The number of carbonyl (C=O) groups is 1. The van der Waals surface area contributed by atoms with Gasteiger partial charge in [0.2, 0.25) is 0 Å². The van der Waals surface area contributed by atoms with Gasteiger partial charge in [0.25, 0.3) is 5.56 Å². The first-order chi connectivity index (χ1) is 8.25. The van der Waals surface area contributed by atoms with E-state index in [2.05, 4.69) is 0 Å². The van der Waals surface area contributed by atoms with E-state index < -0.39 is 17.3 Å². The predicted octanol–water partition coefficient (Wildman–Crippen LogP) is 2.48. The highest BCUT2D eigenvalue weighted by Crippen LogP contribution is 2.28. The average Bonchev–Trinajstić information content (AvgIpc) is 2.29. The number of carbonyl (C=O) groups excluding carboxylic acids is 1. The SMILES string of the molecule is CCC(C)C(=O)Cn1cc(C(F)(F)F)ccc1=O. The van der Waals surface area contributed by atoms with E-state index in [0.29, 0.717) is 18.7 Å². The van der Waals surface area contributed by atoms with Gasteiger partial charge in [0, 0.05) is 18.2 Å². The second-order valence-electron chi connectivity index (χ2n) is 4.16. The fraction of sp³-hybridized carbons (Fsp3) is 0.500. The van der Waals surface area contributed by atoms with Crippen LogP contribution in [0.15, 0.2) is 23.1 Å². The van der Waals surface area contributed by atoms with Gasteiger partial charge in [-0.2, -0.15) is 13.2 Å². The van der Waals surface area contributed by atoms with Crippen LogP contribution in [0.1, 0.15) is 25.8 Å². The lowest BCUT2D eigenvalue weighted by molar-refractivity contribution is -0.138. The Kier molecular flexibility index (Phi) is 4.32. The second kappa shape index (κ2) is 5.37. The van der Waals surface area contributed by atoms with Crippen molar-refractivity contribution in [3.63, 3.8) is 0 Å². The number of alkyl halides is 3. The minimum atomic E-state index is -4.52. The number of aromatic nitrogens is 1. The molecular formula is C12H14F3NO2. The molecule has 0 aliphatic heterocycles. The Bertz CT molecular complexity index is 491. The summed E-state index contributed by atoms with van der Waals surface area (Å²) in [6, 6.07) is 1.54. The Morgan fingerprint density at radius 2 is 2.00 bits per heavy atom. The molecule has 3 nitrogen and oxygen atoms in total. The monoisotopic (exact) mass is 261 g/mol. The number of hydrogen-bond acceptors (Lipinski definition) is 2. The molecule has 18 heavy (non-hydrogen) atoms. The van der Waals surface area contributed by atoms with E-state index in [4.69, 9.17) is 0 Å². The van der Waals surface area contributed by atoms with Crippen LogP contribution in [0.5, 0.6) is 0 Å². The molecule has 0 bridgehead atoms. The molecule has 0 amide bonds. The Labute approximate surface area is 102 Å². The second-order valence-corrected chi connectivity index (χ2v) is 4.16. The Balaban J connectivity index is 3.03. The third-order valence-electron chi connectivity index (χ3n) is 2.80. The van der Waals surface area contributed by atoms with Crippen molar-refractivity contribution in [2.75, 3.05) is 0 Å². The van der Waals surface area contributed by atoms with Crippen molar-refractivity contribution >= 4 is 5.78 Å². The maximum absolute atomic E-state index is 12.5. The average molecular weight is 261 g/mol. The van der Waals surface area contributed by atoms with E-state index in [1.165, 1.54) is 0 Å². The van der Waals surface area contributed by atoms with Gasteiger partial charge >= 0.3 is 6.18 Å². The normalized spacial score (nSPS) is 13.4. The van der Waals surface area contributed by atoms with Crippen molar-refractivity contribution in [2.24, 2.45) is 5.92 Å². The molecule has 0 N–H and O–H groups in total. The van der Waals surface area contributed by atoms with Crippen LogP contribution in [0.2, 0.25) is 0 Å². The van der Waals surface area contributed by atoms with Gasteiger partial charge in [0.05, 0.1) is 12.1 Å². The summed E-state index contributed by atoms with van der Waals surface area (Å²) >= 11 is 0. The van der Waals surface area contributed by atoms with Crippen LogP contribution in [0.25, 0.3) is 0 Å². The third kappa shape index (κ3) is 3.45. The van der Waals surface area contributed by atoms with Crippen LogP contribution in [0.3, 0.4) is 0 Å². The van der Waals surface area contributed by atoms with Crippen molar-refractivity contribution in [3.8, 4) is 0 Å². The van der Waals surface area contributed by atoms with E-state index in [9.17, 15) is 22.8 Å². The molecule has 1 heterocycles. The topological polar surface area (TPSA) is 39.1 Å². The van der Waals surface area contributed by atoms with Crippen molar-refractivity contribution in [1.29, 1.82) is 0 Å². The highest BCUT2D eigenvalue weighted by Gasteiger charge is 2.31. The van der Waals surface area contributed by atoms with E-state index in [1.54, 1.807) is 13.8 Å². The van der Waals surface area contributed by atoms with Gasteiger partial charge in [-0.05, 0) is 12.5 Å². The molecule has 1 rings (SSSR count). The van der Waals surface area contributed by atoms with E-state index in [0.717, 1.165) is 10.6 Å². The van der Waals surface area contributed by atoms with Crippen LogP contribution in [0, 0.1) is 5.92 Å². The Hall–Kier alpha value is -1.59. The van der Waals surface area contributed by atoms with E-state index >= 15 is 0 Å². The predicted molar refractivity (Wildman–Crippen MR) is 60.2 cm³/mol. The largest absolute Gasteiger partial charge is 0.417 e. The molecule has 0 aliphatic carbocycles. The van der Waals surface area contributed by atoms with Crippen LogP contribution < -0.4 is 5.56 Å². The molecule has 1 unspecified atom stereocenters. The standard InChI is InChI=1S/C12H14F3NO2/c1-3-8(2)10(17)7-16-6-9(12(13,14)15)4-5-11(16)18/h4-6,8H,3,7H2,1-2H3. The quantitative estimate of drug-likeness (QED) is 0.835. The smallest absolute Gasteiger partial charge is 0.307 e. The summed E-state index contributed by atoms with van der Waals surface area (Å²) < 4.78 is 38.2. The molecule has 1 aromatic heterocycles. The number of pyridine rings is 1. The first kappa shape index (κ1) is 14.5. The van der Waals surface area contributed by atoms with Gasteiger partial charge in [-0.15, -0.1) is 0 Å². The summed E-state index contributed by atoms with van der Waals surface area (Å²) in [4.78, 5) is 23.0. The van der Waals surface area contributed by atoms with Crippen LogP contribution in [-0.4, -0.2) is 10.4 Å². The third-order valence-corrected chi connectivity index (χ3v) is 2.80. The van der Waals surface area contributed by atoms with Gasteiger partial charge in [-0.1, -0.05) is 13.8 Å².